The molecule has 2 aliphatic heterocycles. The largest absolute Gasteiger partial charge is 0.332 e. The van der Waals surface area contributed by atoms with Crippen LogP contribution in [0.25, 0.3) is 0 Å². The van der Waals surface area contributed by atoms with E-state index in [-0.39, 0.29) is 23.4 Å². The maximum atomic E-state index is 13.0. The van der Waals surface area contributed by atoms with Gasteiger partial charge in [0.05, 0.1) is 11.6 Å². The number of hydrogen-bond donors (Lipinski definition) is 0. The highest BCUT2D eigenvalue weighted by molar-refractivity contribution is 5.93. The fourth-order valence-electron chi connectivity index (χ4n) is 4.38. The number of amides is 2. The Kier molecular flexibility index (Phi) is 4.23. The molecule has 0 saturated carbocycles. The first-order valence-corrected chi connectivity index (χ1v) is 9.16. The van der Waals surface area contributed by atoms with Crippen molar-refractivity contribution in [3.63, 3.8) is 0 Å². The van der Waals surface area contributed by atoms with Gasteiger partial charge in [0, 0.05) is 25.7 Å². The molecule has 0 bridgehead atoms. The summed E-state index contributed by atoms with van der Waals surface area (Å²) in [7, 11) is 0. The van der Waals surface area contributed by atoms with Gasteiger partial charge in [-0.3, -0.25) is 14.6 Å². The van der Waals surface area contributed by atoms with Gasteiger partial charge < -0.3 is 9.80 Å². The standard InChI is InChI=1S/C21H23N3O2/c1-21-12-14-23(20(26)17-9-5-6-13-22-17)18(21)10-11-19(25)24(21)15-16-7-3-2-4-8-16/h2-9,13,18H,10-12,14-15H2,1H3/t18-,21-/m0/s1. The number of rotatable bonds is 3. The van der Waals surface area contributed by atoms with E-state index in [1.807, 2.05) is 52.3 Å². The third-order valence-corrected chi connectivity index (χ3v) is 5.83. The Balaban J connectivity index is 1.60. The fraction of sp³-hybridized carbons (Fsp3) is 0.381. The van der Waals surface area contributed by atoms with Crippen molar-refractivity contribution in [1.29, 1.82) is 0 Å². The van der Waals surface area contributed by atoms with E-state index in [4.69, 9.17) is 0 Å². The second kappa shape index (κ2) is 6.56. The molecule has 0 N–H and O–H groups in total. The lowest BCUT2D eigenvalue weighted by atomic mass is 9.83. The van der Waals surface area contributed by atoms with Crippen LogP contribution in [0.4, 0.5) is 0 Å². The van der Waals surface area contributed by atoms with Gasteiger partial charge in [-0.15, -0.1) is 0 Å². The molecular formula is C21H23N3O2. The summed E-state index contributed by atoms with van der Waals surface area (Å²) in [5, 5.41) is 0. The minimum atomic E-state index is -0.324. The van der Waals surface area contributed by atoms with Gasteiger partial charge in [-0.25, -0.2) is 0 Å². The average molecular weight is 349 g/mol. The molecule has 0 aliphatic carbocycles. The average Bonchev–Trinajstić information content (AvgIpc) is 3.03. The molecule has 1 aromatic carbocycles. The van der Waals surface area contributed by atoms with E-state index >= 15 is 0 Å². The van der Waals surface area contributed by atoms with Crippen molar-refractivity contribution in [3.8, 4) is 0 Å². The molecule has 2 fully saturated rings. The molecule has 0 unspecified atom stereocenters. The Labute approximate surface area is 153 Å². The van der Waals surface area contributed by atoms with Gasteiger partial charge in [0.1, 0.15) is 5.69 Å². The highest BCUT2D eigenvalue weighted by Crippen LogP contribution is 2.41. The summed E-state index contributed by atoms with van der Waals surface area (Å²) in [4.78, 5) is 33.8. The van der Waals surface area contributed by atoms with Gasteiger partial charge in [0.2, 0.25) is 5.91 Å². The Morgan fingerprint density at radius 3 is 2.69 bits per heavy atom. The molecule has 5 heteroatoms. The van der Waals surface area contributed by atoms with Crippen LogP contribution in [0, 0.1) is 0 Å². The first-order valence-electron chi connectivity index (χ1n) is 9.16. The van der Waals surface area contributed by atoms with Crippen LogP contribution < -0.4 is 0 Å². The Bertz CT molecular complexity index is 809. The van der Waals surface area contributed by atoms with Crippen molar-refractivity contribution in [2.75, 3.05) is 6.54 Å². The lowest BCUT2D eigenvalue weighted by Crippen LogP contribution is -2.60. The second-order valence-corrected chi connectivity index (χ2v) is 7.34. The van der Waals surface area contributed by atoms with Crippen molar-refractivity contribution in [1.82, 2.24) is 14.8 Å². The van der Waals surface area contributed by atoms with Gasteiger partial charge in [-0.05, 0) is 37.5 Å². The van der Waals surface area contributed by atoms with Crippen molar-refractivity contribution >= 4 is 11.8 Å². The Morgan fingerprint density at radius 1 is 1.19 bits per heavy atom. The number of piperidine rings is 1. The number of likely N-dealkylation sites (tertiary alicyclic amines) is 2. The number of nitrogens with zero attached hydrogens (tertiary/aromatic N) is 3. The second-order valence-electron chi connectivity index (χ2n) is 7.34. The number of pyridine rings is 1. The van der Waals surface area contributed by atoms with Crippen molar-refractivity contribution in [3.05, 3.63) is 66.0 Å². The smallest absolute Gasteiger partial charge is 0.272 e. The lowest BCUT2D eigenvalue weighted by Gasteiger charge is -2.47. The van der Waals surface area contributed by atoms with Crippen molar-refractivity contribution in [2.24, 2.45) is 0 Å². The molecule has 2 amide bonds. The van der Waals surface area contributed by atoms with Gasteiger partial charge in [-0.2, -0.15) is 0 Å². The van der Waals surface area contributed by atoms with Gasteiger partial charge in [0.25, 0.3) is 5.91 Å². The van der Waals surface area contributed by atoms with E-state index in [0.29, 0.717) is 25.2 Å². The summed E-state index contributed by atoms with van der Waals surface area (Å²) in [6, 6.07) is 15.5. The van der Waals surface area contributed by atoms with Gasteiger partial charge in [-0.1, -0.05) is 36.4 Å². The Hall–Kier alpha value is -2.69. The monoisotopic (exact) mass is 349 g/mol. The minimum Gasteiger partial charge on any atom is -0.332 e. The number of fused-ring (bicyclic) bond motifs is 1. The van der Waals surface area contributed by atoms with E-state index < -0.39 is 0 Å². The van der Waals surface area contributed by atoms with Crippen LogP contribution in [0.5, 0.6) is 0 Å². The fourth-order valence-corrected chi connectivity index (χ4v) is 4.38. The van der Waals surface area contributed by atoms with Crippen LogP contribution >= 0.6 is 0 Å². The van der Waals surface area contributed by atoms with Gasteiger partial charge in [0.15, 0.2) is 0 Å². The summed E-state index contributed by atoms with van der Waals surface area (Å²) in [5.41, 5.74) is 1.27. The molecule has 2 saturated heterocycles. The SMILES string of the molecule is C[C@]12CCN(C(=O)c3ccccn3)[C@H]1CCC(=O)N2Cc1ccccc1. The zero-order chi connectivity index (χ0) is 18.1. The molecule has 1 aromatic heterocycles. The topological polar surface area (TPSA) is 53.5 Å². The van der Waals surface area contributed by atoms with Crippen LogP contribution in [-0.2, 0) is 11.3 Å². The maximum absolute atomic E-state index is 13.0. The molecule has 2 aliphatic rings. The maximum Gasteiger partial charge on any atom is 0.272 e. The highest BCUT2D eigenvalue weighted by Gasteiger charge is 2.53. The predicted octanol–water partition coefficient (Wildman–Crippen LogP) is 2.88. The highest BCUT2D eigenvalue weighted by atomic mass is 16.2. The summed E-state index contributed by atoms with van der Waals surface area (Å²) < 4.78 is 0. The quantitative estimate of drug-likeness (QED) is 0.856. The first-order chi connectivity index (χ1) is 12.6. The number of carbonyl (C=O) groups is 2. The van der Waals surface area contributed by atoms with E-state index in [2.05, 4.69) is 11.9 Å². The third kappa shape index (κ3) is 2.77. The van der Waals surface area contributed by atoms with Crippen molar-refractivity contribution < 1.29 is 9.59 Å². The number of carbonyl (C=O) groups excluding carboxylic acids is 2. The van der Waals surface area contributed by atoms with E-state index in [1.165, 1.54) is 0 Å². The van der Waals surface area contributed by atoms with E-state index in [1.54, 1.807) is 12.3 Å². The molecule has 0 spiro atoms. The molecule has 3 heterocycles. The first kappa shape index (κ1) is 16.8. The van der Waals surface area contributed by atoms with E-state index in [9.17, 15) is 9.59 Å². The normalized spacial score (nSPS) is 25.3. The molecule has 0 radical (unpaired) electrons. The molecule has 5 nitrogen and oxygen atoms in total. The number of aromatic nitrogens is 1. The summed E-state index contributed by atoms with van der Waals surface area (Å²) in [5.74, 6) is 0.146. The minimum absolute atomic E-state index is 0.0339. The number of hydrogen-bond acceptors (Lipinski definition) is 3. The molecular weight excluding hydrogens is 326 g/mol. The summed E-state index contributed by atoms with van der Waals surface area (Å²) in [6.07, 6.45) is 3.65. The molecule has 134 valence electrons. The zero-order valence-electron chi connectivity index (χ0n) is 15.0. The zero-order valence-corrected chi connectivity index (χ0v) is 15.0. The van der Waals surface area contributed by atoms with Crippen LogP contribution in [-0.4, -0.2) is 44.7 Å². The van der Waals surface area contributed by atoms with Crippen LogP contribution in [0.1, 0.15) is 42.2 Å². The van der Waals surface area contributed by atoms with E-state index in [0.717, 1.165) is 18.4 Å². The van der Waals surface area contributed by atoms with Crippen LogP contribution in [0.3, 0.4) is 0 Å². The van der Waals surface area contributed by atoms with Crippen LogP contribution in [0.2, 0.25) is 0 Å². The predicted molar refractivity (Wildman–Crippen MR) is 98.3 cm³/mol. The molecule has 2 aromatic rings. The third-order valence-electron chi connectivity index (χ3n) is 5.83. The summed E-state index contributed by atoms with van der Waals surface area (Å²) in [6.45, 7) is 3.39. The summed E-state index contributed by atoms with van der Waals surface area (Å²) >= 11 is 0. The van der Waals surface area contributed by atoms with Crippen LogP contribution in [0.15, 0.2) is 54.7 Å². The number of benzene rings is 1. The molecule has 26 heavy (non-hydrogen) atoms. The lowest BCUT2D eigenvalue weighted by molar-refractivity contribution is -0.144. The molecule has 4 rings (SSSR count). The van der Waals surface area contributed by atoms with Gasteiger partial charge >= 0.3 is 0 Å². The van der Waals surface area contributed by atoms with Crippen molar-refractivity contribution in [2.45, 2.75) is 44.3 Å². The Morgan fingerprint density at radius 2 is 1.96 bits per heavy atom. The molecule has 2 atom stereocenters.